The Morgan fingerprint density at radius 2 is 1.83 bits per heavy atom. The molecule has 120 valence electrons. The Balaban J connectivity index is 1.91. The lowest BCUT2D eigenvalue weighted by Gasteiger charge is -2.26. The van der Waals surface area contributed by atoms with E-state index < -0.39 is 0 Å². The summed E-state index contributed by atoms with van der Waals surface area (Å²) in [6, 6.07) is 9.35. The minimum atomic E-state index is -0.388. The molecule has 0 radical (unpaired) electrons. The fourth-order valence-electron chi connectivity index (χ4n) is 3.55. The smallest absolute Gasteiger partial charge is 0.129 e. The first-order valence-corrected chi connectivity index (χ1v) is 8.34. The Labute approximate surface area is 136 Å². The number of hydrogen-bond acceptors (Lipinski definition) is 0. The van der Waals surface area contributed by atoms with Gasteiger partial charge in [-0.1, -0.05) is 37.3 Å². The molecule has 0 nitrogen and oxygen atoms in total. The molecule has 1 aliphatic rings. The molecule has 1 aliphatic carbocycles. The summed E-state index contributed by atoms with van der Waals surface area (Å²) in [5.74, 6) is -0.845. The molecular weight excluding hydrogens is 290 g/mol. The summed E-state index contributed by atoms with van der Waals surface area (Å²) in [5.41, 5.74) is 4.70. The molecule has 23 heavy (non-hydrogen) atoms. The maximum atomic E-state index is 14.4. The molecule has 0 heterocycles. The van der Waals surface area contributed by atoms with Gasteiger partial charge in [-0.15, -0.1) is 0 Å². The Morgan fingerprint density at radius 1 is 1.09 bits per heavy atom. The van der Waals surface area contributed by atoms with Gasteiger partial charge in [0.2, 0.25) is 0 Å². The minimum absolute atomic E-state index is 0.0685. The molecule has 0 N–H and O–H groups in total. The average Bonchev–Trinajstić information content (AvgIpc) is 2.54. The lowest BCUT2D eigenvalue weighted by atomic mass is 9.79. The van der Waals surface area contributed by atoms with Crippen molar-refractivity contribution >= 4 is 6.08 Å². The van der Waals surface area contributed by atoms with Gasteiger partial charge >= 0.3 is 0 Å². The molecule has 2 aromatic carbocycles. The number of allylic oxidation sites excluding steroid dienone is 1. The van der Waals surface area contributed by atoms with E-state index in [1.807, 2.05) is 19.9 Å². The van der Waals surface area contributed by atoms with Gasteiger partial charge in [0.15, 0.2) is 0 Å². The average molecular weight is 312 g/mol. The zero-order valence-electron chi connectivity index (χ0n) is 13.7. The molecule has 0 saturated heterocycles. The number of halogens is 2. The fraction of sp³-hybridized carbons (Fsp3) is 0.333. The highest BCUT2D eigenvalue weighted by atomic mass is 19.1. The van der Waals surface area contributed by atoms with Gasteiger partial charge in [-0.05, 0) is 72.9 Å². The summed E-state index contributed by atoms with van der Waals surface area (Å²) in [6.45, 7) is 3.91. The van der Waals surface area contributed by atoms with Crippen molar-refractivity contribution in [1.29, 1.82) is 0 Å². The number of fused-ring (bicyclic) bond motifs is 1. The third-order valence-electron chi connectivity index (χ3n) is 4.77. The van der Waals surface area contributed by atoms with Crippen LogP contribution < -0.4 is 0 Å². The number of rotatable bonds is 3. The molecule has 2 aromatic rings. The topological polar surface area (TPSA) is 0 Å². The fourth-order valence-corrected chi connectivity index (χ4v) is 3.55. The predicted molar refractivity (Wildman–Crippen MR) is 91.7 cm³/mol. The molecule has 0 aromatic heterocycles. The van der Waals surface area contributed by atoms with Crippen LogP contribution in [0.3, 0.4) is 0 Å². The largest absolute Gasteiger partial charge is 0.207 e. The lowest BCUT2D eigenvalue weighted by Crippen LogP contribution is -2.16. The van der Waals surface area contributed by atoms with Gasteiger partial charge < -0.3 is 0 Å². The van der Waals surface area contributed by atoms with E-state index in [-0.39, 0.29) is 23.1 Å². The van der Waals surface area contributed by atoms with Crippen LogP contribution >= 0.6 is 0 Å². The first-order valence-electron chi connectivity index (χ1n) is 8.34. The van der Waals surface area contributed by atoms with Crippen LogP contribution in [0, 0.1) is 11.6 Å². The summed E-state index contributed by atoms with van der Waals surface area (Å²) >= 11 is 0. The Bertz CT molecular complexity index is 720. The van der Waals surface area contributed by atoms with Crippen LogP contribution in [-0.4, -0.2) is 0 Å². The maximum absolute atomic E-state index is 14.4. The Kier molecular flexibility index (Phi) is 4.61. The van der Waals surface area contributed by atoms with Crippen molar-refractivity contribution in [2.45, 2.75) is 45.4 Å². The van der Waals surface area contributed by atoms with Crippen molar-refractivity contribution in [1.82, 2.24) is 0 Å². The summed E-state index contributed by atoms with van der Waals surface area (Å²) in [7, 11) is 0. The van der Waals surface area contributed by atoms with Crippen LogP contribution in [0.4, 0.5) is 8.78 Å². The molecule has 0 aliphatic heterocycles. The monoisotopic (exact) mass is 312 g/mol. The molecule has 3 rings (SSSR count). The highest BCUT2D eigenvalue weighted by Gasteiger charge is 2.25. The van der Waals surface area contributed by atoms with Crippen molar-refractivity contribution < 1.29 is 8.78 Å². The van der Waals surface area contributed by atoms with Crippen LogP contribution in [0.1, 0.15) is 54.0 Å². The zero-order chi connectivity index (χ0) is 16.4. The second-order valence-corrected chi connectivity index (χ2v) is 6.29. The van der Waals surface area contributed by atoms with Crippen LogP contribution in [0.5, 0.6) is 0 Å². The third kappa shape index (κ3) is 3.21. The van der Waals surface area contributed by atoms with E-state index in [1.54, 1.807) is 0 Å². The van der Waals surface area contributed by atoms with Gasteiger partial charge in [-0.2, -0.15) is 0 Å². The highest BCUT2D eigenvalue weighted by Crippen LogP contribution is 2.36. The normalized spacial score (nSPS) is 17.5. The van der Waals surface area contributed by atoms with Crippen LogP contribution in [-0.2, 0) is 19.3 Å². The van der Waals surface area contributed by atoms with E-state index in [9.17, 15) is 8.78 Å². The minimum Gasteiger partial charge on any atom is -0.207 e. The van der Waals surface area contributed by atoms with Crippen molar-refractivity contribution in [2.24, 2.45) is 0 Å². The Morgan fingerprint density at radius 3 is 2.48 bits per heavy atom. The molecule has 1 unspecified atom stereocenters. The number of aryl methyl sites for hydroxylation is 2. The molecule has 0 fully saturated rings. The lowest BCUT2D eigenvalue weighted by molar-refractivity contribution is 0.490. The Hall–Kier alpha value is -1.96. The van der Waals surface area contributed by atoms with Gasteiger partial charge in [0.05, 0.1) is 0 Å². The zero-order valence-corrected chi connectivity index (χ0v) is 13.7. The predicted octanol–water partition coefficient (Wildman–Crippen LogP) is 5.83. The van der Waals surface area contributed by atoms with Crippen LogP contribution in [0.15, 0.2) is 36.4 Å². The van der Waals surface area contributed by atoms with Gasteiger partial charge in [0, 0.05) is 5.56 Å². The quantitative estimate of drug-likeness (QED) is 0.668. The highest BCUT2D eigenvalue weighted by molar-refractivity contribution is 5.52. The van der Waals surface area contributed by atoms with Gasteiger partial charge in [-0.25, -0.2) is 8.78 Å². The molecule has 0 saturated carbocycles. The molecule has 2 heteroatoms. The standard InChI is InChI=1S/C21H22F2/c1-3-5-15-6-7-17-13-18(9-8-16(17)10-15)21-19(22)11-14(4-2)12-20(21)23/h3,5-7,10-12,18H,4,8-9,13H2,1-2H3/b5-3+. The van der Waals surface area contributed by atoms with Crippen LogP contribution in [0.2, 0.25) is 0 Å². The van der Waals surface area contributed by atoms with E-state index in [2.05, 4.69) is 24.3 Å². The first-order chi connectivity index (χ1) is 11.1. The SMILES string of the molecule is C/C=C/c1ccc2c(c1)CCC(c1c(F)cc(CC)cc1F)C2. The van der Waals surface area contributed by atoms with Gasteiger partial charge in [0.1, 0.15) is 11.6 Å². The summed E-state index contributed by atoms with van der Waals surface area (Å²) < 4.78 is 28.7. The summed E-state index contributed by atoms with van der Waals surface area (Å²) in [6.07, 6.45) is 7.13. The summed E-state index contributed by atoms with van der Waals surface area (Å²) in [4.78, 5) is 0. The molecule has 0 bridgehead atoms. The molecule has 1 atom stereocenters. The first kappa shape index (κ1) is 15.9. The van der Waals surface area contributed by atoms with Gasteiger partial charge in [-0.3, -0.25) is 0 Å². The number of benzene rings is 2. The third-order valence-corrected chi connectivity index (χ3v) is 4.77. The van der Waals surface area contributed by atoms with Crippen molar-refractivity contribution in [3.05, 3.63) is 75.9 Å². The summed E-state index contributed by atoms with van der Waals surface area (Å²) in [5, 5.41) is 0. The van der Waals surface area contributed by atoms with Crippen molar-refractivity contribution in [3.8, 4) is 0 Å². The maximum Gasteiger partial charge on any atom is 0.129 e. The van der Waals surface area contributed by atoms with E-state index in [0.29, 0.717) is 12.8 Å². The van der Waals surface area contributed by atoms with E-state index >= 15 is 0 Å². The van der Waals surface area contributed by atoms with E-state index in [4.69, 9.17) is 0 Å². The molecular formula is C21H22F2. The van der Waals surface area contributed by atoms with Crippen molar-refractivity contribution in [2.75, 3.05) is 0 Å². The second kappa shape index (κ2) is 6.66. The van der Waals surface area contributed by atoms with E-state index in [0.717, 1.165) is 18.4 Å². The second-order valence-electron chi connectivity index (χ2n) is 6.29. The van der Waals surface area contributed by atoms with Gasteiger partial charge in [0.25, 0.3) is 0 Å². The van der Waals surface area contributed by atoms with Crippen LogP contribution in [0.25, 0.3) is 6.08 Å². The van der Waals surface area contributed by atoms with E-state index in [1.165, 1.54) is 28.8 Å². The number of hydrogen-bond donors (Lipinski definition) is 0. The van der Waals surface area contributed by atoms with Crippen molar-refractivity contribution in [3.63, 3.8) is 0 Å². The molecule has 0 spiro atoms. The molecule has 0 amide bonds.